The number of anilines is 1. The highest BCUT2D eigenvalue weighted by atomic mass is 79.9. The molecular weight excluding hydrogens is 518 g/mol. The van der Waals surface area contributed by atoms with Gasteiger partial charge < -0.3 is 20.7 Å². The predicted octanol–water partition coefficient (Wildman–Crippen LogP) is 2.63. The fraction of sp³-hybridized carbons (Fsp3) is 0.320. The van der Waals surface area contributed by atoms with Crippen molar-refractivity contribution in [3.63, 3.8) is 0 Å². The highest BCUT2D eigenvalue weighted by Gasteiger charge is 2.31. The standard InChI is InChI=1S/C25H28BrN3O6/c1-14(2)21(23(32)28-20(25(34)35-4)12-16-8-6-5-7-9-16)29-24(33)22(31)18-13-17(26)10-11-19(18)27-15(3)30/h5-11,13-14,20-21H,12H2,1-4H3,(H,27,30)(H,28,32)(H,29,33)/t20-,21+/m1/s1. The third kappa shape index (κ3) is 8.03. The second kappa shape index (κ2) is 12.8. The second-order valence-electron chi connectivity index (χ2n) is 8.17. The summed E-state index contributed by atoms with van der Waals surface area (Å²) in [5, 5.41) is 7.60. The van der Waals surface area contributed by atoms with Gasteiger partial charge in [-0.2, -0.15) is 0 Å². The summed E-state index contributed by atoms with van der Waals surface area (Å²) in [6, 6.07) is 11.5. The molecule has 3 N–H and O–H groups in total. The number of carbonyl (C=O) groups excluding carboxylic acids is 5. The number of Topliss-reactive ketones (excluding diaryl/α,β-unsaturated/α-hetero) is 1. The van der Waals surface area contributed by atoms with Crippen LogP contribution < -0.4 is 16.0 Å². The Hall–Kier alpha value is -3.53. The van der Waals surface area contributed by atoms with Crippen molar-refractivity contribution >= 4 is 51.1 Å². The number of halogens is 1. The molecule has 0 aliphatic heterocycles. The fourth-order valence-corrected chi connectivity index (χ4v) is 3.67. The lowest BCUT2D eigenvalue weighted by molar-refractivity contribution is -0.145. The van der Waals surface area contributed by atoms with Gasteiger partial charge in [-0.1, -0.05) is 60.1 Å². The van der Waals surface area contributed by atoms with E-state index in [1.54, 1.807) is 19.9 Å². The minimum absolute atomic E-state index is 0.0356. The molecular formula is C25H28BrN3O6. The molecule has 2 atom stereocenters. The number of carbonyl (C=O) groups is 5. The molecule has 2 aromatic carbocycles. The summed E-state index contributed by atoms with van der Waals surface area (Å²) in [7, 11) is 1.22. The Balaban J connectivity index is 2.21. The molecule has 0 spiro atoms. The van der Waals surface area contributed by atoms with Gasteiger partial charge in [0, 0.05) is 17.8 Å². The molecule has 2 rings (SSSR count). The first-order valence-electron chi connectivity index (χ1n) is 10.9. The van der Waals surface area contributed by atoms with Crippen LogP contribution in [0.15, 0.2) is 53.0 Å². The van der Waals surface area contributed by atoms with Gasteiger partial charge in [-0.05, 0) is 29.7 Å². The molecule has 35 heavy (non-hydrogen) atoms. The first-order chi connectivity index (χ1) is 16.5. The Kier molecular flexibility index (Phi) is 10.1. The molecule has 3 amide bonds. The third-order valence-corrected chi connectivity index (χ3v) is 5.56. The number of esters is 1. The predicted molar refractivity (Wildman–Crippen MR) is 134 cm³/mol. The van der Waals surface area contributed by atoms with Crippen LogP contribution in [0.25, 0.3) is 0 Å². The maximum Gasteiger partial charge on any atom is 0.328 e. The SMILES string of the molecule is COC(=O)[C@@H](Cc1ccccc1)NC(=O)[C@@H](NC(=O)C(=O)c1cc(Br)ccc1NC(C)=O)C(C)C. The molecule has 186 valence electrons. The molecule has 0 unspecified atom stereocenters. The molecule has 9 nitrogen and oxygen atoms in total. The number of amides is 3. The molecule has 10 heteroatoms. The van der Waals surface area contributed by atoms with Gasteiger partial charge in [0.25, 0.3) is 11.7 Å². The zero-order valence-electron chi connectivity index (χ0n) is 19.9. The zero-order chi connectivity index (χ0) is 26.1. The van der Waals surface area contributed by atoms with Gasteiger partial charge in [-0.15, -0.1) is 0 Å². The van der Waals surface area contributed by atoms with Crippen LogP contribution >= 0.6 is 15.9 Å². The summed E-state index contributed by atoms with van der Waals surface area (Å²) in [5.41, 5.74) is 0.940. The Bertz CT molecular complexity index is 1100. The van der Waals surface area contributed by atoms with Crippen molar-refractivity contribution in [1.29, 1.82) is 0 Å². The lowest BCUT2D eigenvalue weighted by atomic mass is 10.0. The number of nitrogens with one attached hydrogen (secondary N) is 3. The molecule has 0 aliphatic carbocycles. The number of ether oxygens (including phenoxy) is 1. The van der Waals surface area contributed by atoms with Gasteiger partial charge in [0.1, 0.15) is 12.1 Å². The Morgan fingerprint density at radius 2 is 1.63 bits per heavy atom. The van der Waals surface area contributed by atoms with Crippen LogP contribution in [0.2, 0.25) is 0 Å². The van der Waals surface area contributed by atoms with Crippen molar-refractivity contribution in [1.82, 2.24) is 10.6 Å². The number of ketones is 1. The summed E-state index contributed by atoms with van der Waals surface area (Å²) in [6.07, 6.45) is 0.190. The molecule has 0 saturated heterocycles. The number of benzene rings is 2. The monoisotopic (exact) mass is 545 g/mol. The van der Waals surface area contributed by atoms with Crippen molar-refractivity contribution < 1.29 is 28.7 Å². The minimum atomic E-state index is -1.11. The quantitative estimate of drug-likeness (QED) is 0.239. The van der Waals surface area contributed by atoms with Gasteiger partial charge in [0.05, 0.1) is 18.4 Å². The summed E-state index contributed by atoms with van der Waals surface area (Å²) < 4.78 is 5.36. The average Bonchev–Trinajstić information content (AvgIpc) is 2.82. The molecule has 0 aliphatic rings. The van der Waals surface area contributed by atoms with Crippen molar-refractivity contribution in [3.8, 4) is 0 Å². The Labute approximate surface area is 212 Å². The topological polar surface area (TPSA) is 131 Å². The zero-order valence-corrected chi connectivity index (χ0v) is 21.5. The molecule has 0 heterocycles. The molecule has 0 aromatic heterocycles. The van der Waals surface area contributed by atoms with Crippen molar-refractivity contribution in [3.05, 3.63) is 64.1 Å². The second-order valence-corrected chi connectivity index (χ2v) is 9.09. The van der Waals surface area contributed by atoms with E-state index in [-0.39, 0.29) is 17.7 Å². The summed E-state index contributed by atoms with van der Waals surface area (Å²) in [5.74, 6) is -4.04. The van der Waals surface area contributed by atoms with Gasteiger partial charge in [0.2, 0.25) is 11.8 Å². The first kappa shape index (κ1) is 27.7. The summed E-state index contributed by atoms with van der Waals surface area (Å²) >= 11 is 3.25. The smallest absolute Gasteiger partial charge is 0.328 e. The van der Waals surface area contributed by atoms with Gasteiger partial charge in [-0.25, -0.2) is 4.79 Å². The van der Waals surface area contributed by atoms with Crippen molar-refractivity contribution in [2.75, 3.05) is 12.4 Å². The van der Waals surface area contributed by atoms with Crippen LogP contribution in [0.3, 0.4) is 0 Å². The molecule has 0 saturated carbocycles. The Morgan fingerprint density at radius 3 is 2.20 bits per heavy atom. The van der Waals surface area contributed by atoms with Crippen LogP contribution in [-0.4, -0.2) is 48.7 Å². The van der Waals surface area contributed by atoms with E-state index in [1.807, 2.05) is 30.3 Å². The van der Waals surface area contributed by atoms with E-state index in [4.69, 9.17) is 4.74 Å². The highest BCUT2D eigenvalue weighted by Crippen LogP contribution is 2.22. The molecule has 0 radical (unpaired) electrons. The van der Waals surface area contributed by atoms with Gasteiger partial charge >= 0.3 is 5.97 Å². The van der Waals surface area contributed by atoms with E-state index in [2.05, 4.69) is 31.9 Å². The summed E-state index contributed by atoms with van der Waals surface area (Å²) in [4.78, 5) is 62.6. The fourth-order valence-electron chi connectivity index (χ4n) is 3.31. The minimum Gasteiger partial charge on any atom is -0.467 e. The molecule has 0 bridgehead atoms. The number of rotatable bonds is 10. The van der Waals surface area contributed by atoms with E-state index >= 15 is 0 Å². The number of hydrogen-bond donors (Lipinski definition) is 3. The van der Waals surface area contributed by atoms with Crippen molar-refractivity contribution in [2.24, 2.45) is 5.92 Å². The van der Waals surface area contributed by atoms with E-state index in [0.29, 0.717) is 4.47 Å². The first-order valence-corrected chi connectivity index (χ1v) is 11.7. The van der Waals surface area contributed by atoms with Crippen LogP contribution in [0.1, 0.15) is 36.7 Å². The van der Waals surface area contributed by atoms with E-state index in [1.165, 1.54) is 26.2 Å². The van der Waals surface area contributed by atoms with Gasteiger partial charge in [0.15, 0.2) is 0 Å². The van der Waals surface area contributed by atoms with Crippen LogP contribution in [0, 0.1) is 5.92 Å². The van der Waals surface area contributed by atoms with E-state index in [9.17, 15) is 24.0 Å². The van der Waals surface area contributed by atoms with Crippen molar-refractivity contribution in [2.45, 2.75) is 39.3 Å². The maximum atomic E-state index is 13.1. The van der Waals surface area contributed by atoms with E-state index in [0.717, 1.165) is 5.56 Å². The highest BCUT2D eigenvalue weighted by molar-refractivity contribution is 9.10. The lowest BCUT2D eigenvalue weighted by Gasteiger charge is -2.24. The average molecular weight is 546 g/mol. The molecule has 0 fully saturated rings. The number of hydrogen-bond acceptors (Lipinski definition) is 6. The normalized spacial score (nSPS) is 12.3. The van der Waals surface area contributed by atoms with Crippen LogP contribution in [0.4, 0.5) is 5.69 Å². The number of methoxy groups -OCH3 is 1. The van der Waals surface area contributed by atoms with Crippen LogP contribution in [-0.2, 0) is 30.3 Å². The largest absolute Gasteiger partial charge is 0.467 e. The maximum absolute atomic E-state index is 13.1. The van der Waals surface area contributed by atoms with Crippen LogP contribution in [0.5, 0.6) is 0 Å². The lowest BCUT2D eigenvalue weighted by Crippen LogP contribution is -2.55. The third-order valence-electron chi connectivity index (χ3n) is 5.06. The summed E-state index contributed by atoms with van der Waals surface area (Å²) in [6.45, 7) is 4.67. The van der Waals surface area contributed by atoms with E-state index < -0.39 is 47.5 Å². The Morgan fingerprint density at radius 1 is 0.971 bits per heavy atom. The van der Waals surface area contributed by atoms with Gasteiger partial charge in [-0.3, -0.25) is 19.2 Å². The molecule has 2 aromatic rings.